The van der Waals surface area contributed by atoms with Crippen molar-refractivity contribution in [2.24, 2.45) is 5.92 Å². The first-order valence-corrected chi connectivity index (χ1v) is 8.46. The Morgan fingerprint density at radius 2 is 1.95 bits per heavy atom. The molecule has 5 nitrogen and oxygen atoms in total. The number of hydrogen-bond donors (Lipinski definition) is 1. The lowest BCUT2D eigenvalue weighted by molar-refractivity contribution is 0.0255. The summed E-state index contributed by atoms with van der Waals surface area (Å²) in [5, 5.41) is 3.70. The van der Waals surface area contributed by atoms with Crippen LogP contribution in [0.2, 0.25) is 0 Å². The molecule has 0 bridgehead atoms. The summed E-state index contributed by atoms with van der Waals surface area (Å²) < 4.78 is 10.8. The molecule has 0 aromatic rings. The summed E-state index contributed by atoms with van der Waals surface area (Å²) in [6, 6.07) is 0.804. The third-order valence-corrected chi connectivity index (χ3v) is 3.98. The van der Waals surface area contributed by atoms with Crippen LogP contribution in [-0.4, -0.2) is 55.5 Å². The standard InChI is InChI=1S/C17H34N2O3/c1-13(2)15(12-21-6)18-14-8-7-10-19(11-9-14)16(20)22-17(3,4)5/h13-15,18H,7-12H2,1-6H3. The van der Waals surface area contributed by atoms with E-state index in [1.165, 1.54) is 0 Å². The monoisotopic (exact) mass is 314 g/mol. The van der Waals surface area contributed by atoms with Gasteiger partial charge in [0.15, 0.2) is 0 Å². The first kappa shape index (κ1) is 19.2. The van der Waals surface area contributed by atoms with E-state index in [9.17, 15) is 4.79 Å². The predicted octanol–water partition coefficient (Wildman–Crippen LogP) is 3.04. The van der Waals surface area contributed by atoms with Gasteiger partial charge in [0.05, 0.1) is 6.61 Å². The number of likely N-dealkylation sites (tertiary alicyclic amines) is 1. The molecule has 1 aliphatic rings. The molecule has 0 aromatic heterocycles. The molecule has 130 valence electrons. The Hall–Kier alpha value is -0.810. The summed E-state index contributed by atoms with van der Waals surface area (Å²) in [6.45, 7) is 12.4. The van der Waals surface area contributed by atoms with Crippen molar-refractivity contribution in [1.82, 2.24) is 10.2 Å². The van der Waals surface area contributed by atoms with Crippen molar-refractivity contribution in [2.45, 2.75) is 71.6 Å². The lowest BCUT2D eigenvalue weighted by Gasteiger charge is -2.28. The SMILES string of the molecule is COCC(NC1CCCN(C(=O)OC(C)(C)C)CC1)C(C)C. The summed E-state index contributed by atoms with van der Waals surface area (Å²) in [4.78, 5) is 14.0. The average molecular weight is 314 g/mol. The molecule has 1 fully saturated rings. The first-order chi connectivity index (χ1) is 10.2. The largest absolute Gasteiger partial charge is 0.444 e. The van der Waals surface area contributed by atoms with Crippen LogP contribution in [-0.2, 0) is 9.47 Å². The number of carbonyl (C=O) groups is 1. The maximum atomic E-state index is 12.2. The van der Waals surface area contributed by atoms with Crippen LogP contribution >= 0.6 is 0 Å². The second-order valence-corrected chi connectivity index (χ2v) is 7.57. The zero-order chi connectivity index (χ0) is 16.8. The summed E-state index contributed by atoms with van der Waals surface area (Å²) in [5.41, 5.74) is -0.428. The van der Waals surface area contributed by atoms with Crippen LogP contribution in [0.5, 0.6) is 0 Å². The van der Waals surface area contributed by atoms with E-state index in [1.807, 2.05) is 25.7 Å². The van der Waals surface area contributed by atoms with Crippen LogP contribution in [0.15, 0.2) is 0 Å². The highest BCUT2D eigenvalue weighted by atomic mass is 16.6. The Bertz CT molecular complexity index is 339. The molecule has 1 saturated heterocycles. The lowest BCUT2D eigenvalue weighted by atomic mass is 10.0. The van der Waals surface area contributed by atoms with Crippen molar-refractivity contribution in [3.8, 4) is 0 Å². The molecule has 0 spiro atoms. The number of carbonyl (C=O) groups excluding carboxylic acids is 1. The fourth-order valence-corrected chi connectivity index (χ4v) is 2.69. The smallest absolute Gasteiger partial charge is 0.410 e. The van der Waals surface area contributed by atoms with Crippen LogP contribution in [0.1, 0.15) is 53.9 Å². The number of ether oxygens (including phenoxy) is 2. The number of amides is 1. The molecule has 0 aliphatic carbocycles. The van der Waals surface area contributed by atoms with Crippen LogP contribution < -0.4 is 5.32 Å². The van der Waals surface area contributed by atoms with Gasteiger partial charge in [-0.3, -0.25) is 0 Å². The minimum Gasteiger partial charge on any atom is -0.444 e. The van der Waals surface area contributed by atoms with E-state index in [1.54, 1.807) is 7.11 Å². The highest BCUT2D eigenvalue weighted by Crippen LogP contribution is 2.17. The molecule has 0 saturated carbocycles. The fraction of sp³-hybridized carbons (Fsp3) is 0.941. The van der Waals surface area contributed by atoms with Gasteiger partial charge in [-0.1, -0.05) is 13.8 Å². The van der Waals surface area contributed by atoms with Gasteiger partial charge in [0.2, 0.25) is 0 Å². The van der Waals surface area contributed by atoms with Gasteiger partial charge in [-0.2, -0.15) is 0 Å². The average Bonchev–Trinajstić information content (AvgIpc) is 2.61. The summed E-state index contributed by atoms with van der Waals surface area (Å²) >= 11 is 0. The summed E-state index contributed by atoms with van der Waals surface area (Å²) in [5.74, 6) is 0.533. The predicted molar refractivity (Wildman–Crippen MR) is 89.1 cm³/mol. The van der Waals surface area contributed by atoms with Gasteiger partial charge < -0.3 is 19.7 Å². The van der Waals surface area contributed by atoms with Gasteiger partial charge in [0, 0.05) is 32.3 Å². The van der Waals surface area contributed by atoms with Crippen molar-refractivity contribution in [2.75, 3.05) is 26.8 Å². The van der Waals surface area contributed by atoms with Crippen molar-refractivity contribution < 1.29 is 14.3 Å². The quantitative estimate of drug-likeness (QED) is 0.847. The molecule has 0 radical (unpaired) electrons. The molecule has 22 heavy (non-hydrogen) atoms. The Morgan fingerprint density at radius 1 is 1.27 bits per heavy atom. The Labute approximate surface area is 135 Å². The zero-order valence-corrected chi connectivity index (χ0v) is 15.1. The number of nitrogens with zero attached hydrogens (tertiary/aromatic N) is 1. The molecule has 1 amide bonds. The minimum absolute atomic E-state index is 0.189. The van der Waals surface area contributed by atoms with E-state index in [4.69, 9.17) is 9.47 Å². The van der Waals surface area contributed by atoms with Gasteiger partial charge in [0.25, 0.3) is 0 Å². The molecule has 1 heterocycles. The molecule has 5 heteroatoms. The highest BCUT2D eigenvalue weighted by molar-refractivity contribution is 5.68. The van der Waals surface area contributed by atoms with Crippen molar-refractivity contribution in [1.29, 1.82) is 0 Å². The Morgan fingerprint density at radius 3 is 2.50 bits per heavy atom. The maximum Gasteiger partial charge on any atom is 0.410 e. The third kappa shape index (κ3) is 6.97. The van der Waals surface area contributed by atoms with E-state index in [0.29, 0.717) is 18.0 Å². The molecular formula is C17H34N2O3. The van der Waals surface area contributed by atoms with Gasteiger partial charge in [-0.15, -0.1) is 0 Å². The molecular weight excluding hydrogens is 280 g/mol. The lowest BCUT2D eigenvalue weighted by Crippen LogP contribution is -2.44. The zero-order valence-electron chi connectivity index (χ0n) is 15.1. The van der Waals surface area contributed by atoms with Crippen molar-refractivity contribution >= 4 is 6.09 Å². The number of nitrogens with one attached hydrogen (secondary N) is 1. The Balaban J connectivity index is 2.49. The van der Waals surface area contributed by atoms with Crippen molar-refractivity contribution in [3.63, 3.8) is 0 Å². The number of hydrogen-bond acceptors (Lipinski definition) is 4. The third-order valence-electron chi connectivity index (χ3n) is 3.98. The van der Waals surface area contributed by atoms with Crippen molar-refractivity contribution in [3.05, 3.63) is 0 Å². The molecule has 2 atom stereocenters. The normalized spacial score (nSPS) is 21.6. The van der Waals surface area contributed by atoms with E-state index < -0.39 is 5.60 Å². The van der Waals surface area contributed by atoms with E-state index in [0.717, 1.165) is 39.0 Å². The van der Waals surface area contributed by atoms with Crippen LogP contribution in [0, 0.1) is 5.92 Å². The van der Waals surface area contributed by atoms with E-state index >= 15 is 0 Å². The minimum atomic E-state index is -0.428. The summed E-state index contributed by atoms with van der Waals surface area (Å²) in [6.07, 6.45) is 2.87. The van der Waals surface area contributed by atoms with Gasteiger partial charge in [-0.05, 0) is 46.0 Å². The maximum absolute atomic E-state index is 12.2. The summed E-state index contributed by atoms with van der Waals surface area (Å²) in [7, 11) is 1.74. The second kappa shape index (κ2) is 8.73. The topological polar surface area (TPSA) is 50.8 Å². The van der Waals surface area contributed by atoms with Gasteiger partial charge >= 0.3 is 6.09 Å². The van der Waals surface area contributed by atoms with E-state index in [2.05, 4.69) is 19.2 Å². The fourth-order valence-electron chi connectivity index (χ4n) is 2.69. The Kier molecular flexibility index (Phi) is 7.63. The van der Waals surface area contributed by atoms with Gasteiger partial charge in [0.1, 0.15) is 5.60 Å². The van der Waals surface area contributed by atoms with Crippen LogP contribution in [0.4, 0.5) is 4.79 Å². The molecule has 1 aliphatic heterocycles. The molecule has 2 unspecified atom stereocenters. The molecule has 0 aromatic carbocycles. The van der Waals surface area contributed by atoms with E-state index in [-0.39, 0.29) is 6.09 Å². The molecule has 1 rings (SSSR count). The van der Waals surface area contributed by atoms with Gasteiger partial charge in [-0.25, -0.2) is 4.79 Å². The molecule has 1 N–H and O–H groups in total. The van der Waals surface area contributed by atoms with Crippen LogP contribution in [0.25, 0.3) is 0 Å². The number of rotatable bonds is 5. The second-order valence-electron chi connectivity index (χ2n) is 7.57. The first-order valence-electron chi connectivity index (χ1n) is 8.46. The van der Waals surface area contributed by atoms with Crippen LogP contribution in [0.3, 0.4) is 0 Å². The highest BCUT2D eigenvalue weighted by Gasteiger charge is 2.26. The number of methoxy groups -OCH3 is 1.